The van der Waals surface area contributed by atoms with Crippen LogP contribution in [0, 0.1) is 6.92 Å². The summed E-state index contributed by atoms with van der Waals surface area (Å²) in [7, 11) is 3.27. The minimum absolute atomic E-state index is 0.147. The lowest BCUT2D eigenvalue weighted by Crippen LogP contribution is -2.29. The molecule has 0 fully saturated rings. The smallest absolute Gasteiger partial charge is 0.122 e. The van der Waals surface area contributed by atoms with Gasteiger partial charge in [-0.25, -0.2) is 5.43 Å². The average Bonchev–Trinajstić information content (AvgIpc) is 2.51. The van der Waals surface area contributed by atoms with Gasteiger partial charge in [0.25, 0.3) is 0 Å². The number of benzene rings is 2. The Morgan fingerprint density at radius 2 is 1.71 bits per heavy atom. The molecule has 0 bridgehead atoms. The number of halogens is 1. The second kappa shape index (κ2) is 6.93. The molecule has 0 heterocycles. The van der Waals surface area contributed by atoms with Gasteiger partial charge in [-0.2, -0.15) is 0 Å². The van der Waals surface area contributed by atoms with Crippen LogP contribution < -0.4 is 20.7 Å². The molecule has 2 rings (SSSR count). The van der Waals surface area contributed by atoms with Gasteiger partial charge in [0.2, 0.25) is 0 Å². The molecule has 0 aliphatic carbocycles. The van der Waals surface area contributed by atoms with E-state index in [4.69, 9.17) is 15.3 Å². The zero-order valence-electron chi connectivity index (χ0n) is 12.3. The molecule has 112 valence electrons. The van der Waals surface area contributed by atoms with E-state index in [-0.39, 0.29) is 6.04 Å². The van der Waals surface area contributed by atoms with Crippen molar-refractivity contribution in [1.82, 2.24) is 5.43 Å². The topological polar surface area (TPSA) is 56.5 Å². The fourth-order valence-electron chi connectivity index (χ4n) is 2.30. The maximum atomic E-state index is 5.79. The molecule has 5 heteroatoms. The standard InChI is InChI=1S/C16H19BrN2O2/c1-10-14(5-4-6-15(10)17)16(19-18)11-7-12(20-2)9-13(8-11)21-3/h4-9,16,19H,18H2,1-3H3. The van der Waals surface area contributed by atoms with Crippen molar-refractivity contribution in [3.8, 4) is 11.5 Å². The second-order valence-electron chi connectivity index (χ2n) is 4.70. The van der Waals surface area contributed by atoms with E-state index in [0.29, 0.717) is 0 Å². The van der Waals surface area contributed by atoms with E-state index in [9.17, 15) is 0 Å². The van der Waals surface area contributed by atoms with Crippen LogP contribution in [0.5, 0.6) is 11.5 Å². The zero-order valence-corrected chi connectivity index (χ0v) is 13.9. The third-order valence-electron chi connectivity index (χ3n) is 3.49. The van der Waals surface area contributed by atoms with Crippen LogP contribution in [0.25, 0.3) is 0 Å². The van der Waals surface area contributed by atoms with Crippen molar-refractivity contribution in [3.63, 3.8) is 0 Å². The van der Waals surface area contributed by atoms with Crippen molar-refractivity contribution < 1.29 is 9.47 Å². The molecule has 0 radical (unpaired) electrons. The molecule has 2 aromatic carbocycles. The maximum absolute atomic E-state index is 5.79. The Morgan fingerprint density at radius 1 is 1.10 bits per heavy atom. The highest BCUT2D eigenvalue weighted by Gasteiger charge is 2.17. The summed E-state index contributed by atoms with van der Waals surface area (Å²) >= 11 is 3.55. The van der Waals surface area contributed by atoms with Crippen LogP contribution in [0.4, 0.5) is 0 Å². The van der Waals surface area contributed by atoms with Crippen molar-refractivity contribution in [2.75, 3.05) is 14.2 Å². The molecule has 2 aromatic rings. The monoisotopic (exact) mass is 350 g/mol. The molecule has 1 atom stereocenters. The van der Waals surface area contributed by atoms with Gasteiger partial charge in [0.15, 0.2) is 0 Å². The van der Waals surface area contributed by atoms with Gasteiger partial charge in [-0.05, 0) is 41.8 Å². The average molecular weight is 351 g/mol. The lowest BCUT2D eigenvalue weighted by molar-refractivity contribution is 0.392. The molecule has 0 amide bonds. The Bertz CT molecular complexity index is 609. The number of methoxy groups -OCH3 is 2. The Hall–Kier alpha value is -1.56. The highest BCUT2D eigenvalue weighted by molar-refractivity contribution is 9.10. The number of nitrogens with two attached hydrogens (primary N) is 1. The van der Waals surface area contributed by atoms with Gasteiger partial charge in [-0.1, -0.05) is 28.1 Å². The van der Waals surface area contributed by atoms with Crippen molar-refractivity contribution in [1.29, 1.82) is 0 Å². The number of hydrogen-bond donors (Lipinski definition) is 2. The Labute approximate surface area is 133 Å². The minimum atomic E-state index is -0.147. The van der Waals surface area contributed by atoms with Gasteiger partial charge in [0.05, 0.1) is 20.3 Å². The molecule has 0 aromatic heterocycles. The van der Waals surface area contributed by atoms with Crippen molar-refractivity contribution in [2.45, 2.75) is 13.0 Å². The van der Waals surface area contributed by atoms with Gasteiger partial charge >= 0.3 is 0 Å². The summed E-state index contributed by atoms with van der Waals surface area (Å²) in [5, 5.41) is 0. The highest BCUT2D eigenvalue weighted by Crippen LogP contribution is 2.32. The van der Waals surface area contributed by atoms with Crippen LogP contribution in [0.15, 0.2) is 40.9 Å². The van der Waals surface area contributed by atoms with E-state index in [2.05, 4.69) is 34.3 Å². The summed E-state index contributed by atoms with van der Waals surface area (Å²) in [5.41, 5.74) is 6.09. The molecule has 3 N–H and O–H groups in total. The number of hydrogen-bond acceptors (Lipinski definition) is 4. The quantitative estimate of drug-likeness (QED) is 0.641. The number of hydrazine groups is 1. The van der Waals surface area contributed by atoms with Crippen molar-refractivity contribution >= 4 is 15.9 Å². The molecule has 0 aliphatic rings. The minimum Gasteiger partial charge on any atom is -0.497 e. The van der Waals surface area contributed by atoms with Crippen LogP contribution in [-0.2, 0) is 0 Å². The Morgan fingerprint density at radius 3 is 2.24 bits per heavy atom. The van der Waals surface area contributed by atoms with Crippen LogP contribution in [0.1, 0.15) is 22.7 Å². The highest BCUT2D eigenvalue weighted by atomic mass is 79.9. The molecule has 1 unspecified atom stereocenters. The van der Waals surface area contributed by atoms with Gasteiger partial charge < -0.3 is 9.47 Å². The zero-order chi connectivity index (χ0) is 15.4. The summed E-state index contributed by atoms with van der Waals surface area (Å²) in [6.45, 7) is 2.06. The third kappa shape index (κ3) is 3.37. The van der Waals surface area contributed by atoms with Gasteiger partial charge in [0.1, 0.15) is 11.5 Å². The van der Waals surface area contributed by atoms with Crippen LogP contribution in [0.2, 0.25) is 0 Å². The first-order valence-electron chi connectivity index (χ1n) is 6.54. The molecular weight excluding hydrogens is 332 g/mol. The molecule has 0 saturated heterocycles. The number of ether oxygens (including phenoxy) is 2. The van der Waals surface area contributed by atoms with Gasteiger partial charge in [-0.15, -0.1) is 0 Å². The van der Waals surface area contributed by atoms with E-state index in [0.717, 1.165) is 32.7 Å². The summed E-state index contributed by atoms with van der Waals surface area (Å²) in [6.07, 6.45) is 0. The van der Waals surface area contributed by atoms with Crippen LogP contribution >= 0.6 is 15.9 Å². The van der Waals surface area contributed by atoms with Crippen LogP contribution in [0.3, 0.4) is 0 Å². The summed E-state index contributed by atoms with van der Waals surface area (Å²) in [5.74, 6) is 7.26. The maximum Gasteiger partial charge on any atom is 0.122 e. The predicted molar refractivity (Wildman–Crippen MR) is 87.6 cm³/mol. The summed E-state index contributed by atoms with van der Waals surface area (Å²) in [6, 6.07) is 11.7. The Balaban J connectivity index is 2.53. The predicted octanol–water partition coefficient (Wildman–Crippen LogP) is 3.33. The fourth-order valence-corrected chi connectivity index (χ4v) is 2.68. The lowest BCUT2D eigenvalue weighted by atomic mass is 9.95. The first-order chi connectivity index (χ1) is 10.1. The SMILES string of the molecule is COc1cc(OC)cc(C(NN)c2cccc(Br)c2C)c1. The number of nitrogens with one attached hydrogen (secondary N) is 1. The third-order valence-corrected chi connectivity index (χ3v) is 4.35. The molecule has 0 aliphatic heterocycles. The Kier molecular flexibility index (Phi) is 5.22. The second-order valence-corrected chi connectivity index (χ2v) is 5.55. The fraction of sp³-hybridized carbons (Fsp3) is 0.250. The van der Waals surface area contributed by atoms with Crippen molar-refractivity contribution in [3.05, 3.63) is 57.6 Å². The lowest BCUT2D eigenvalue weighted by Gasteiger charge is -2.21. The van der Waals surface area contributed by atoms with Crippen molar-refractivity contribution in [2.24, 2.45) is 5.84 Å². The first-order valence-corrected chi connectivity index (χ1v) is 7.34. The summed E-state index contributed by atoms with van der Waals surface area (Å²) in [4.78, 5) is 0. The van der Waals surface area contributed by atoms with Gasteiger partial charge in [0, 0.05) is 10.5 Å². The van der Waals surface area contributed by atoms with E-state index in [1.54, 1.807) is 14.2 Å². The van der Waals surface area contributed by atoms with E-state index >= 15 is 0 Å². The largest absolute Gasteiger partial charge is 0.497 e. The van der Waals surface area contributed by atoms with E-state index in [1.807, 2.05) is 30.3 Å². The molecular formula is C16H19BrN2O2. The van der Waals surface area contributed by atoms with E-state index < -0.39 is 0 Å². The molecule has 21 heavy (non-hydrogen) atoms. The summed E-state index contributed by atoms with van der Waals surface area (Å²) < 4.78 is 11.7. The first kappa shape index (κ1) is 15.8. The van der Waals surface area contributed by atoms with Crippen LogP contribution in [-0.4, -0.2) is 14.2 Å². The van der Waals surface area contributed by atoms with E-state index in [1.165, 1.54) is 0 Å². The normalized spacial score (nSPS) is 12.0. The molecule has 0 spiro atoms. The molecule has 0 saturated carbocycles. The number of rotatable bonds is 5. The molecule has 4 nitrogen and oxygen atoms in total. The van der Waals surface area contributed by atoms with Gasteiger partial charge in [-0.3, -0.25) is 5.84 Å².